The van der Waals surface area contributed by atoms with Crippen molar-refractivity contribution in [1.29, 1.82) is 0 Å². The van der Waals surface area contributed by atoms with Crippen molar-refractivity contribution >= 4 is 11.8 Å². The van der Waals surface area contributed by atoms with Crippen LogP contribution in [0.2, 0.25) is 0 Å². The molecule has 0 saturated carbocycles. The smallest absolute Gasteiger partial charge is 0.243 e. The van der Waals surface area contributed by atoms with Gasteiger partial charge in [0.15, 0.2) is 0 Å². The number of hydrogen-bond acceptors (Lipinski definition) is 5. The molecule has 2 aromatic rings. The summed E-state index contributed by atoms with van der Waals surface area (Å²) in [5.74, 6) is -1.37. The molecule has 2 amide bonds. The van der Waals surface area contributed by atoms with Crippen LogP contribution >= 0.6 is 0 Å². The summed E-state index contributed by atoms with van der Waals surface area (Å²) in [6.07, 6.45) is -1.02. The summed E-state index contributed by atoms with van der Waals surface area (Å²) < 4.78 is 5.61. The maximum absolute atomic E-state index is 12.8. The molecule has 0 heterocycles. The predicted octanol–water partition coefficient (Wildman–Crippen LogP) is 3.73. The molecule has 0 saturated heterocycles. The first-order valence-electron chi connectivity index (χ1n) is 11.8. The van der Waals surface area contributed by atoms with E-state index in [0.29, 0.717) is 13.2 Å². The molecule has 0 radical (unpaired) electrons. The number of nitrogens with one attached hydrogen (secondary N) is 2. The van der Waals surface area contributed by atoms with Gasteiger partial charge in [0.2, 0.25) is 11.8 Å². The number of azide groups is 1. The molecule has 0 unspecified atom stereocenters. The lowest BCUT2D eigenvalue weighted by molar-refractivity contribution is -0.132. The van der Waals surface area contributed by atoms with Crippen LogP contribution in [0.1, 0.15) is 38.3 Å². The van der Waals surface area contributed by atoms with E-state index in [0.717, 1.165) is 11.1 Å². The molecular weight excluding hydrogens is 446 g/mol. The summed E-state index contributed by atoms with van der Waals surface area (Å²) >= 11 is 0. The molecule has 2 aromatic carbocycles. The molecule has 0 aliphatic heterocycles. The fourth-order valence-electron chi connectivity index (χ4n) is 3.51. The number of carbonyl (C=O) groups excluding carboxylic acids is 2. The molecule has 3 N–H and O–H groups in total. The summed E-state index contributed by atoms with van der Waals surface area (Å²) in [4.78, 5) is 28.3. The topological polar surface area (TPSA) is 136 Å². The van der Waals surface area contributed by atoms with Crippen LogP contribution in [0.15, 0.2) is 65.8 Å². The molecule has 0 fully saturated rings. The number of benzene rings is 2. The van der Waals surface area contributed by atoms with Crippen LogP contribution in [0, 0.1) is 11.8 Å². The molecule has 0 bridgehead atoms. The Labute approximate surface area is 206 Å². The molecule has 2 rings (SSSR count). The minimum atomic E-state index is -1.08. The molecule has 188 valence electrons. The first-order chi connectivity index (χ1) is 16.8. The van der Waals surface area contributed by atoms with Crippen LogP contribution < -0.4 is 10.6 Å². The number of ether oxygens (including phenoxy) is 1. The average Bonchev–Trinajstić information content (AvgIpc) is 2.86. The summed E-state index contributed by atoms with van der Waals surface area (Å²) in [5, 5.41) is 19.9. The molecule has 0 spiro atoms. The van der Waals surface area contributed by atoms with E-state index in [1.807, 2.05) is 74.5 Å². The van der Waals surface area contributed by atoms with Crippen molar-refractivity contribution in [2.24, 2.45) is 17.0 Å². The minimum Gasteiger partial charge on any atom is -0.393 e. The van der Waals surface area contributed by atoms with E-state index in [9.17, 15) is 14.7 Å². The van der Waals surface area contributed by atoms with Gasteiger partial charge in [-0.1, -0.05) is 86.5 Å². The van der Waals surface area contributed by atoms with Gasteiger partial charge in [-0.05, 0) is 29.0 Å². The fraction of sp³-hybridized carbons (Fsp3) is 0.462. The SMILES string of the molecule is CC(C)[C@H](NC(=O)[C@H](C)C[C@H](O)[C@H](COCc1ccccc1)N=[N+]=[N-])C(=O)NCc1ccccc1. The standard InChI is InChI=1S/C26H35N5O4/c1-18(2)24(26(34)28-15-20-10-6-4-7-11-20)29-25(33)19(3)14-23(32)22(30-31-27)17-35-16-21-12-8-5-9-13-21/h4-13,18-19,22-24,32H,14-17H2,1-3H3,(H,28,34)(H,29,33)/t19-,22+,23+,24+/m1/s1. The van der Waals surface area contributed by atoms with Crippen LogP contribution in [-0.2, 0) is 27.5 Å². The van der Waals surface area contributed by atoms with Crippen molar-refractivity contribution in [3.63, 3.8) is 0 Å². The molecule has 9 nitrogen and oxygen atoms in total. The van der Waals surface area contributed by atoms with Gasteiger partial charge < -0.3 is 20.5 Å². The molecule has 0 aromatic heterocycles. The average molecular weight is 482 g/mol. The van der Waals surface area contributed by atoms with Crippen molar-refractivity contribution in [2.45, 2.75) is 58.5 Å². The van der Waals surface area contributed by atoms with Crippen molar-refractivity contribution in [3.8, 4) is 0 Å². The quantitative estimate of drug-likeness (QED) is 0.215. The van der Waals surface area contributed by atoms with Gasteiger partial charge in [0.05, 0.1) is 25.4 Å². The largest absolute Gasteiger partial charge is 0.393 e. The minimum absolute atomic E-state index is 0.0188. The Bertz CT molecular complexity index is 964. The number of rotatable bonds is 14. The van der Waals surface area contributed by atoms with Gasteiger partial charge in [-0.3, -0.25) is 9.59 Å². The van der Waals surface area contributed by atoms with Crippen LogP contribution in [0.4, 0.5) is 0 Å². The number of carbonyl (C=O) groups is 2. The van der Waals surface area contributed by atoms with Gasteiger partial charge in [-0.25, -0.2) is 0 Å². The fourth-order valence-corrected chi connectivity index (χ4v) is 3.51. The van der Waals surface area contributed by atoms with Gasteiger partial charge in [0.1, 0.15) is 6.04 Å². The van der Waals surface area contributed by atoms with E-state index in [1.54, 1.807) is 6.92 Å². The maximum Gasteiger partial charge on any atom is 0.243 e. The summed E-state index contributed by atoms with van der Waals surface area (Å²) in [6.45, 7) is 6.07. The van der Waals surface area contributed by atoms with E-state index >= 15 is 0 Å². The number of hydrogen-bond donors (Lipinski definition) is 3. The van der Waals surface area contributed by atoms with Crippen molar-refractivity contribution in [1.82, 2.24) is 10.6 Å². The maximum atomic E-state index is 12.8. The van der Waals surface area contributed by atoms with Crippen molar-refractivity contribution in [3.05, 3.63) is 82.2 Å². The number of amides is 2. The number of aliphatic hydroxyl groups excluding tert-OH is 1. The summed E-state index contributed by atoms with van der Waals surface area (Å²) in [5.41, 5.74) is 10.8. The van der Waals surface area contributed by atoms with E-state index in [-0.39, 0.29) is 30.8 Å². The van der Waals surface area contributed by atoms with Crippen LogP contribution in [-0.4, -0.2) is 41.7 Å². The highest BCUT2D eigenvalue weighted by Gasteiger charge is 2.29. The zero-order chi connectivity index (χ0) is 25.6. The van der Waals surface area contributed by atoms with E-state index in [2.05, 4.69) is 20.7 Å². The third kappa shape index (κ3) is 9.78. The van der Waals surface area contributed by atoms with Crippen molar-refractivity contribution < 1.29 is 19.4 Å². The predicted molar refractivity (Wildman–Crippen MR) is 134 cm³/mol. The van der Waals surface area contributed by atoms with Crippen LogP contribution in [0.25, 0.3) is 10.4 Å². The Morgan fingerprint density at radius 1 is 1.00 bits per heavy atom. The van der Waals surface area contributed by atoms with Gasteiger partial charge in [0.25, 0.3) is 0 Å². The van der Waals surface area contributed by atoms with Gasteiger partial charge >= 0.3 is 0 Å². The Morgan fingerprint density at radius 3 is 2.17 bits per heavy atom. The van der Waals surface area contributed by atoms with Gasteiger partial charge in [-0.15, -0.1) is 0 Å². The highest BCUT2D eigenvalue weighted by atomic mass is 16.5. The van der Waals surface area contributed by atoms with Crippen LogP contribution in [0.5, 0.6) is 0 Å². The number of nitrogens with zero attached hydrogens (tertiary/aromatic N) is 3. The van der Waals surface area contributed by atoms with E-state index in [4.69, 9.17) is 10.3 Å². The Hall–Kier alpha value is -3.39. The van der Waals surface area contributed by atoms with Crippen LogP contribution in [0.3, 0.4) is 0 Å². The summed E-state index contributed by atoms with van der Waals surface area (Å²) in [6, 6.07) is 17.5. The number of aliphatic hydroxyl groups is 1. The molecular formula is C26H35N5O4. The second-order valence-electron chi connectivity index (χ2n) is 8.91. The normalized spacial score (nSPS) is 14.3. The lowest BCUT2D eigenvalue weighted by Gasteiger charge is -2.25. The zero-order valence-electron chi connectivity index (χ0n) is 20.5. The van der Waals surface area contributed by atoms with Gasteiger partial charge in [-0.2, -0.15) is 0 Å². The lowest BCUT2D eigenvalue weighted by atomic mass is 9.96. The highest BCUT2D eigenvalue weighted by Crippen LogP contribution is 2.15. The highest BCUT2D eigenvalue weighted by molar-refractivity contribution is 5.88. The Kier molecular flexibility index (Phi) is 11.8. The molecule has 35 heavy (non-hydrogen) atoms. The second kappa shape index (κ2) is 14.8. The Balaban J connectivity index is 1.88. The van der Waals surface area contributed by atoms with E-state index in [1.165, 1.54) is 0 Å². The first kappa shape index (κ1) is 27.9. The Morgan fingerprint density at radius 2 is 1.60 bits per heavy atom. The molecule has 0 aliphatic carbocycles. The van der Waals surface area contributed by atoms with Crippen molar-refractivity contribution in [2.75, 3.05) is 6.61 Å². The zero-order valence-corrected chi connectivity index (χ0v) is 20.5. The van der Waals surface area contributed by atoms with E-state index < -0.39 is 24.1 Å². The molecule has 9 heteroatoms. The second-order valence-corrected chi connectivity index (χ2v) is 8.91. The lowest BCUT2D eigenvalue weighted by Crippen LogP contribution is -2.51. The monoisotopic (exact) mass is 481 g/mol. The molecule has 0 aliphatic rings. The summed E-state index contributed by atoms with van der Waals surface area (Å²) in [7, 11) is 0. The third-order valence-corrected chi connectivity index (χ3v) is 5.64. The third-order valence-electron chi connectivity index (χ3n) is 5.64. The van der Waals surface area contributed by atoms with Gasteiger partial charge in [0, 0.05) is 17.4 Å². The first-order valence-corrected chi connectivity index (χ1v) is 11.8. The molecule has 4 atom stereocenters.